The zero-order valence-electron chi connectivity index (χ0n) is 15.7. The van der Waals surface area contributed by atoms with Crippen LogP contribution in [0.15, 0.2) is 29.4 Å². The highest BCUT2D eigenvalue weighted by Gasteiger charge is 2.25. The highest BCUT2D eigenvalue weighted by atomic mass is 32.2. The Bertz CT molecular complexity index is 818. The summed E-state index contributed by atoms with van der Waals surface area (Å²) >= 11 is 0. The van der Waals surface area contributed by atoms with Crippen molar-refractivity contribution in [3.05, 3.63) is 41.2 Å². The lowest BCUT2D eigenvalue weighted by Gasteiger charge is -2.19. The molecule has 2 N–H and O–H groups in total. The van der Waals surface area contributed by atoms with Crippen LogP contribution >= 0.6 is 0 Å². The van der Waals surface area contributed by atoms with E-state index in [9.17, 15) is 8.42 Å². The fourth-order valence-electron chi connectivity index (χ4n) is 2.74. The summed E-state index contributed by atoms with van der Waals surface area (Å²) < 4.78 is 27.0. The van der Waals surface area contributed by atoms with Crippen LogP contribution in [0.3, 0.4) is 0 Å². The van der Waals surface area contributed by atoms with Crippen molar-refractivity contribution < 1.29 is 8.42 Å². The maximum atomic E-state index is 12.7. The van der Waals surface area contributed by atoms with Gasteiger partial charge in [-0.15, -0.1) is 10.2 Å². The summed E-state index contributed by atoms with van der Waals surface area (Å²) in [6.45, 7) is 8.40. The number of benzene rings is 1. The Balaban J connectivity index is 2.25. The summed E-state index contributed by atoms with van der Waals surface area (Å²) in [4.78, 5) is 0. The van der Waals surface area contributed by atoms with Crippen molar-refractivity contribution in [3.63, 3.8) is 0 Å². The Morgan fingerprint density at radius 1 is 1.16 bits per heavy atom. The molecule has 138 valence electrons. The molecule has 0 aliphatic heterocycles. The van der Waals surface area contributed by atoms with E-state index in [1.807, 2.05) is 31.2 Å². The molecular weight excluding hydrogens is 336 g/mol. The number of rotatable bonds is 6. The van der Waals surface area contributed by atoms with E-state index in [1.54, 1.807) is 7.05 Å². The van der Waals surface area contributed by atoms with Gasteiger partial charge in [-0.2, -0.15) is 0 Å². The van der Waals surface area contributed by atoms with Crippen LogP contribution in [0.4, 0.5) is 0 Å². The maximum absolute atomic E-state index is 12.7. The molecule has 7 heteroatoms. The van der Waals surface area contributed by atoms with E-state index in [2.05, 4.69) is 31.0 Å². The van der Waals surface area contributed by atoms with E-state index in [-0.39, 0.29) is 22.4 Å². The number of nitrogens with two attached hydrogens (primary N) is 1. The Kier molecular flexibility index (Phi) is 5.68. The third-order valence-electron chi connectivity index (χ3n) is 4.25. The average Bonchev–Trinajstić information content (AvgIpc) is 2.89. The van der Waals surface area contributed by atoms with Crippen LogP contribution in [0.1, 0.15) is 63.5 Å². The predicted octanol–water partition coefficient (Wildman–Crippen LogP) is 2.89. The second kappa shape index (κ2) is 7.25. The van der Waals surface area contributed by atoms with E-state index < -0.39 is 9.84 Å². The summed E-state index contributed by atoms with van der Waals surface area (Å²) in [5.41, 5.74) is 7.99. The van der Waals surface area contributed by atoms with Crippen LogP contribution in [0, 0.1) is 0 Å². The van der Waals surface area contributed by atoms with Gasteiger partial charge in [0, 0.05) is 7.05 Å². The fourth-order valence-corrected chi connectivity index (χ4v) is 4.18. The molecule has 1 atom stereocenters. The molecule has 0 amide bonds. The van der Waals surface area contributed by atoms with Crippen LogP contribution in [0.5, 0.6) is 0 Å². The smallest absolute Gasteiger partial charge is 0.249 e. The van der Waals surface area contributed by atoms with Crippen molar-refractivity contribution in [2.24, 2.45) is 12.8 Å². The average molecular weight is 365 g/mol. The van der Waals surface area contributed by atoms with Gasteiger partial charge in [-0.25, -0.2) is 8.42 Å². The van der Waals surface area contributed by atoms with E-state index in [0.717, 1.165) is 18.4 Å². The number of nitrogens with zero attached hydrogens (tertiary/aromatic N) is 3. The highest BCUT2D eigenvalue weighted by Crippen LogP contribution is 2.24. The SMILES string of the molecule is CCCC(N)c1nnc(S(=O)(=O)Cc2ccc(C(C)(C)C)cc2)n1C. The first kappa shape index (κ1) is 19.6. The quantitative estimate of drug-likeness (QED) is 0.851. The van der Waals surface area contributed by atoms with Crippen LogP contribution < -0.4 is 5.73 Å². The van der Waals surface area contributed by atoms with E-state index in [1.165, 1.54) is 10.1 Å². The lowest BCUT2D eigenvalue weighted by atomic mass is 9.87. The van der Waals surface area contributed by atoms with E-state index in [4.69, 9.17) is 5.73 Å². The van der Waals surface area contributed by atoms with Gasteiger partial charge in [0.05, 0.1) is 11.8 Å². The minimum absolute atomic E-state index is 0.0331. The van der Waals surface area contributed by atoms with Gasteiger partial charge >= 0.3 is 0 Å². The monoisotopic (exact) mass is 364 g/mol. The summed E-state index contributed by atoms with van der Waals surface area (Å²) in [5, 5.41) is 7.85. The first-order valence-corrected chi connectivity index (χ1v) is 10.2. The second-order valence-corrected chi connectivity index (χ2v) is 9.38. The van der Waals surface area contributed by atoms with Gasteiger partial charge < -0.3 is 10.3 Å². The number of aromatic nitrogens is 3. The largest absolute Gasteiger partial charge is 0.321 e. The predicted molar refractivity (Wildman–Crippen MR) is 98.9 cm³/mol. The number of hydrogen-bond acceptors (Lipinski definition) is 5. The van der Waals surface area contributed by atoms with Gasteiger partial charge in [-0.05, 0) is 23.0 Å². The van der Waals surface area contributed by atoms with Crippen LogP contribution in [0.25, 0.3) is 0 Å². The molecule has 0 aliphatic carbocycles. The van der Waals surface area contributed by atoms with Gasteiger partial charge in [0.15, 0.2) is 5.82 Å². The van der Waals surface area contributed by atoms with Crippen molar-refractivity contribution >= 4 is 9.84 Å². The van der Waals surface area contributed by atoms with E-state index >= 15 is 0 Å². The summed E-state index contributed by atoms with van der Waals surface area (Å²) in [6, 6.07) is 7.36. The zero-order valence-corrected chi connectivity index (χ0v) is 16.5. The molecule has 2 rings (SSSR count). The second-order valence-electron chi connectivity index (χ2n) is 7.50. The summed E-state index contributed by atoms with van der Waals surface area (Å²) in [5.74, 6) is 0.398. The van der Waals surface area contributed by atoms with Crippen molar-refractivity contribution in [3.8, 4) is 0 Å². The molecule has 1 heterocycles. The van der Waals surface area contributed by atoms with Crippen molar-refractivity contribution in [2.75, 3.05) is 0 Å². The summed E-state index contributed by atoms with van der Waals surface area (Å²) in [6.07, 6.45) is 1.64. The van der Waals surface area contributed by atoms with Crippen LogP contribution in [-0.4, -0.2) is 23.2 Å². The lowest BCUT2D eigenvalue weighted by Crippen LogP contribution is -2.17. The van der Waals surface area contributed by atoms with Crippen molar-refractivity contribution in [2.45, 2.75) is 62.9 Å². The van der Waals surface area contributed by atoms with Gasteiger partial charge in [0.1, 0.15) is 0 Å². The minimum atomic E-state index is -3.59. The van der Waals surface area contributed by atoms with Gasteiger partial charge in [0.2, 0.25) is 15.0 Å². The molecule has 25 heavy (non-hydrogen) atoms. The van der Waals surface area contributed by atoms with Crippen molar-refractivity contribution in [1.29, 1.82) is 0 Å². The Morgan fingerprint density at radius 3 is 2.28 bits per heavy atom. The number of sulfone groups is 1. The molecule has 1 unspecified atom stereocenters. The zero-order chi connectivity index (χ0) is 18.8. The lowest BCUT2D eigenvalue weighted by molar-refractivity contribution is 0.554. The Morgan fingerprint density at radius 2 is 1.76 bits per heavy atom. The van der Waals surface area contributed by atoms with E-state index in [0.29, 0.717) is 5.82 Å². The Labute approximate surface area is 150 Å². The molecule has 0 saturated carbocycles. The molecule has 0 bridgehead atoms. The highest BCUT2D eigenvalue weighted by molar-refractivity contribution is 7.90. The molecule has 1 aromatic carbocycles. The molecule has 0 fully saturated rings. The topological polar surface area (TPSA) is 90.9 Å². The molecule has 1 aromatic heterocycles. The van der Waals surface area contributed by atoms with Crippen LogP contribution in [-0.2, 0) is 28.1 Å². The fraction of sp³-hybridized carbons (Fsp3) is 0.556. The minimum Gasteiger partial charge on any atom is -0.321 e. The molecule has 2 aromatic rings. The molecule has 0 radical (unpaired) electrons. The van der Waals surface area contributed by atoms with Gasteiger partial charge in [-0.1, -0.05) is 58.4 Å². The first-order chi connectivity index (χ1) is 11.6. The van der Waals surface area contributed by atoms with Gasteiger partial charge in [0.25, 0.3) is 0 Å². The molecule has 0 spiro atoms. The van der Waals surface area contributed by atoms with Crippen molar-refractivity contribution in [1.82, 2.24) is 14.8 Å². The van der Waals surface area contributed by atoms with Crippen LogP contribution in [0.2, 0.25) is 0 Å². The number of hydrogen-bond donors (Lipinski definition) is 1. The third kappa shape index (κ3) is 4.46. The molecular formula is C18H28N4O2S. The standard InChI is InChI=1S/C18H28N4O2S/c1-6-7-15(19)16-20-21-17(22(16)5)25(23,24)12-13-8-10-14(11-9-13)18(2,3)4/h8-11,15H,6-7,12,19H2,1-5H3. The Hall–Kier alpha value is -1.73. The molecule has 0 aliphatic rings. The summed E-state index contributed by atoms with van der Waals surface area (Å²) in [7, 11) is -1.93. The molecule has 6 nitrogen and oxygen atoms in total. The maximum Gasteiger partial charge on any atom is 0.249 e. The first-order valence-electron chi connectivity index (χ1n) is 8.53. The normalized spacial score (nSPS) is 13.8. The third-order valence-corrected chi connectivity index (χ3v) is 5.88. The molecule has 0 saturated heterocycles. The van der Waals surface area contributed by atoms with Gasteiger partial charge in [-0.3, -0.25) is 0 Å².